The van der Waals surface area contributed by atoms with Crippen LogP contribution in [0.3, 0.4) is 0 Å². The number of nitrogen functional groups attached to an aromatic ring is 1. The number of hydrogen-bond acceptors (Lipinski definition) is 3. The predicted molar refractivity (Wildman–Crippen MR) is 82.0 cm³/mol. The molecule has 0 spiro atoms. The average molecular weight is 277 g/mol. The Bertz CT molecular complexity index is 761. The van der Waals surface area contributed by atoms with Crippen LogP contribution in [0.2, 0.25) is 0 Å². The van der Waals surface area contributed by atoms with Crippen LogP contribution in [0.1, 0.15) is 11.1 Å². The zero-order chi connectivity index (χ0) is 14.7. The van der Waals surface area contributed by atoms with Crippen molar-refractivity contribution in [3.63, 3.8) is 0 Å². The molecule has 0 aliphatic heterocycles. The second-order valence-electron chi connectivity index (χ2n) is 4.73. The fourth-order valence-electron chi connectivity index (χ4n) is 2.23. The van der Waals surface area contributed by atoms with Crippen LogP contribution in [-0.2, 0) is 6.54 Å². The Morgan fingerprint density at radius 3 is 2.71 bits per heavy atom. The van der Waals surface area contributed by atoms with Gasteiger partial charge in [-0.05, 0) is 23.8 Å². The Morgan fingerprint density at radius 1 is 1.14 bits per heavy atom. The number of rotatable bonds is 4. The van der Waals surface area contributed by atoms with Crippen LogP contribution in [0.25, 0.3) is 11.4 Å². The van der Waals surface area contributed by atoms with Gasteiger partial charge >= 0.3 is 0 Å². The summed E-state index contributed by atoms with van der Waals surface area (Å²) in [5, 5.41) is 7.51. The molecule has 0 aliphatic carbocycles. The number of hydrogen-bond donors (Lipinski definition) is 2. The molecular weight excluding hydrogens is 262 g/mol. The van der Waals surface area contributed by atoms with Gasteiger partial charge in [-0.1, -0.05) is 18.2 Å². The summed E-state index contributed by atoms with van der Waals surface area (Å²) < 4.78 is 2.06. The van der Waals surface area contributed by atoms with Gasteiger partial charge in [0, 0.05) is 42.5 Å². The number of imidazole rings is 1. The maximum atomic E-state index is 7.51. The fraction of sp³-hybridized carbons (Fsp3) is 0.0625. The van der Waals surface area contributed by atoms with E-state index in [9.17, 15) is 0 Å². The molecule has 0 radical (unpaired) electrons. The summed E-state index contributed by atoms with van der Waals surface area (Å²) in [6.45, 7) is 0.679. The molecule has 0 saturated carbocycles. The van der Waals surface area contributed by atoms with Crippen LogP contribution in [0, 0.1) is 5.41 Å². The molecule has 0 amide bonds. The summed E-state index contributed by atoms with van der Waals surface area (Å²) in [7, 11) is 0. The quantitative estimate of drug-likeness (QED) is 0.567. The maximum Gasteiger partial charge on any atom is 0.140 e. The zero-order valence-corrected chi connectivity index (χ0v) is 11.4. The van der Waals surface area contributed by atoms with Crippen molar-refractivity contribution in [2.45, 2.75) is 6.54 Å². The highest BCUT2D eigenvalue weighted by molar-refractivity contribution is 5.95. The summed E-state index contributed by atoms with van der Waals surface area (Å²) in [5.41, 5.74) is 8.37. The first kappa shape index (κ1) is 13.1. The topological polar surface area (TPSA) is 80.6 Å². The lowest BCUT2D eigenvalue weighted by Crippen LogP contribution is -2.11. The number of amidine groups is 1. The maximum absolute atomic E-state index is 7.51. The Kier molecular flexibility index (Phi) is 3.47. The van der Waals surface area contributed by atoms with Crippen LogP contribution >= 0.6 is 0 Å². The van der Waals surface area contributed by atoms with E-state index in [1.54, 1.807) is 18.6 Å². The first-order valence-electron chi connectivity index (χ1n) is 6.59. The van der Waals surface area contributed by atoms with Gasteiger partial charge in [-0.15, -0.1) is 0 Å². The Morgan fingerprint density at radius 2 is 1.95 bits per heavy atom. The van der Waals surface area contributed by atoms with Gasteiger partial charge in [0.1, 0.15) is 11.7 Å². The third-order valence-electron chi connectivity index (χ3n) is 3.24. The van der Waals surface area contributed by atoms with Crippen molar-refractivity contribution >= 4 is 5.84 Å². The second kappa shape index (κ2) is 5.58. The molecule has 5 nitrogen and oxygen atoms in total. The van der Waals surface area contributed by atoms with E-state index in [4.69, 9.17) is 11.1 Å². The molecule has 104 valence electrons. The molecule has 3 N–H and O–H groups in total. The normalized spacial score (nSPS) is 10.5. The number of nitrogens with one attached hydrogen (secondary N) is 1. The van der Waals surface area contributed by atoms with E-state index in [2.05, 4.69) is 14.5 Å². The van der Waals surface area contributed by atoms with E-state index < -0.39 is 0 Å². The van der Waals surface area contributed by atoms with Gasteiger partial charge in [0.25, 0.3) is 0 Å². The number of aromatic nitrogens is 3. The SMILES string of the molecule is N=C(N)c1cccc(Cn2ccnc2-c2ccncc2)c1. The molecule has 0 bridgehead atoms. The third kappa shape index (κ3) is 2.81. The van der Waals surface area contributed by atoms with Crippen molar-refractivity contribution in [3.05, 3.63) is 72.3 Å². The van der Waals surface area contributed by atoms with Crippen LogP contribution < -0.4 is 5.73 Å². The number of nitrogens with zero attached hydrogens (tertiary/aromatic N) is 3. The molecule has 5 heteroatoms. The van der Waals surface area contributed by atoms with Gasteiger partial charge in [-0.2, -0.15) is 0 Å². The molecule has 1 aromatic carbocycles. The fourth-order valence-corrected chi connectivity index (χ4v) is 2.23. The van der Waals surface area contributed by atoms with Gasteiger partial charge in [0.05, 0.1) is 0 Å². The standard InChI is InChI=1S/C16H15N5/c17-15(18)14-3-1-2-12(10-14)11-21-9-8-20-16(21)13-4-6-19-7-5-13/h1-10H,11H2,(H3,17,18). The summed E-state index contributed by atoms with van der Waals surface area (Å²) in [6, 6.07) is 11.6. The summed E-state index contributed by atoms with van der Waals surface area (Å²) in [6.07, 6.45) is 7.23. The minimum absolute atomic E-state index is 0.0804. The van der Waals surface area contributed by atoms with E-state index in [0.717, 1.165) is 22.5 Å². The van der Waals surface area contributed by atoms with E-state index >= 15 is 0 Å². The largest absolute Gasteiger partial charge is 0.384 e. The average Bonchev–Trinajstić information content (AvgIpc) is 2.96. The van der Waals surface area contributed by atoms with Crippen LogP contribution in [0.15, 0.2) is 61.2 Å². The lowest BCUT2D eigenvalue weighted by atomic mass is 10.1. The summed E-state index contributed by atoms with van der Waals surface area (Å²) in [5.74, 6) is 0.975. The minimum Gasteiger partial charge on any atom is -0.384 e. The van der Waals surface area contributed by atoms with E-state index in [0.29, 0.717) is 6.54 Å². The minimum atomic E-state index is 0.0804. The molecule has 21 heavy (non-hydrogen) atoms. The molecule has 0 aliphatic rings. The molecule has 0 fully saturated rings. The van der Waals surface area contributed by atoms with E-state index in [1.807, 2.05) is 42.6 Å². The van der Waals surface area contributed by atoms with Crippen LogP contribution in [0.5, 0.6) is 0 Å². The molecule has 2 heterocycles. The Labute approximate surface area is 122 Å². The molecule has 3 rings (SSSR count). The lowest BCUT2D eigenvalue weighted by Gasteiger charge is -2.09. The highest BCUT2D eigenvalue weighted by atomic mass is 15.1. The second-order valence-corrected chi connectivity index (χ2v) is 4.73. The van der Waals surface area contributed by atoms with Crippen molar-refractivity contribution in [2.24, 2.45) is 5.73 Å². The smallest absolute Gasteiger partial charge is 0.140 e. The van der Waals surface area contributed by atoms with Crippen molar-refractivity contribution in [2.75, 3.05) is 0 Å². The lowest BCUT2D eigenvalue weighted by molar-refractivity contribution is 0.806. The zero-order valence-electron chi connectivity index (χ0n) is 11.4. The van der Waals surface area contributed by atoms with Crippen molar-refractivity contribution < 1.29 is 0 Å². The molecular formula is C16H15N5. The van der Waals surface area contributed by atoms with Crippen LogP contribution in [-0.4, -0.2) is 20.4 Å². The molecule has 3 aromatic rings. The first-order chi connectivity index (χ1) is 10.2. The van der Waals surface area contributed by atoms with E-state index in [-0.39, 0.29) is 5.84 Å². The number of nitrogens with two attached hydrogens (primary N) is 1. The van der Waals surface area contributed by atoms with Crippen molar-refractivity contribution in [1.82, 2.24) is 14.5 Å². The first-order valence-corrected chi connectivity index (χ1v) is 6.59. The van der Waals surface area contributed by atoms with Crippen LogP contribution in [0.4, 0.5) is 0 Å². The van der Waals surface area contributed by atoms with Crippen molar-refractivity contribution in [3.8, 4) is 11.4 Å². The van der Waals surface area contributed by atoms with Gasteiger partial charge in [-0.25, -0.2) is 4.98 Å². The van der Waals surface area contributed by atoms with Gasteiger partial charge in [-0.3, -0.25) is 10.4 Å². The monoisotopic (exact) mass is 277 g/mol. The van der Waals surface area contributed by atoms with Gasteiger partial charge in [0.15, 0.2) is 0 Å². The third-order valence-corrected chi connectivity index (χ3v) is 3.24. The summed E-state index contributed by atoms with van der Waals surface area (Å²) in [4.78, 5) is 8.43. The Balaban J connectivity index is 1.92. The number of benzene rings is 1. The number of pyridine rings is 1. The molecule has 0 atom stereocenters. The van der Waals surface area contributed by atoms with Gasteiger partial charge < -0.3 is 10.3 Å². The van der Waals surface area contributed by atoms with Crippen molar-refractivity contribution in [1.29, 1.82) is 5.41 Å². The predicted octanol–water partition coefficient (Wildman–Crippen LogP) is 2.28. The van der Waals surface area contributed by atoms with E-state index in [1.165, 1.54) is 0 Å². The highest BCUT2D eigenvalue weighted by Gasteiger charge is 2.07. The molecule has 0 unspecified atom stereocenters. The highest BCUT2D eigenvalue weighted by Crippen LogP contribution is 2.17. The Hall–Kier alpha value is -2.95. The molecule has 0 saturated heterocycles. The summed E-state index contributed by atoms with van der Waals surface area (Å²) >= 11 is 0. The molecule has 2 aromatic heterocycles. The van der Waals surface area contributed by atoms with Gasteiger partial charge in [0.2, 0.25) is 0 Å².